The predicted octanol–water partition coefficient (Wildman–Crippen LogP) is 5.74. The molecule has 0 aliphatic carbocycles. The molecule has 9 nitrogen and oxygen atoms in total. The molecular formula is C30H32IN3O6. The summed E-state index contributed by atoms with van der Waals surface area (Å²) in [6.45, 7) is 10.3. The molecule has 0 saturated heterocycles. The van der Waals surface area contributed by atoms with Crippen molar-refractivity contribution in [3.8, 4) is 23.0 Å². The highest BCUT2D eigenvalue weighted by Gasteiger charge is 2.15. The summed E-state index contributed by atoms with van der Waals surface area (Å²) < 4.78 is 23.5. The van der Waals surface area contributed by atoms with Crippen LogP contribution >= 0.6 is 22.6 Å². The Morgan fingerprint density at radius 1 is 0.925 bits per heavy atom. The number of carbonyl (C=O) groups excluding carboxylic acids is 2. The van der Waals surface area contributed by atoms with Crippen LogP contribution in [-0.4, -0.2) is 44.5 Å². The molecule has 0 fully saturated rings. The molecule has 0 heterocycles. The zero-order chi connectivity index (χ0) is 28.9. The third-order valence-corrected chi connectivity index (χ3v) is 6.06. The van der Waals surface area contributed by atoms with Crippen LogP contribution in [0.4, 0.5) is 5.69 Å². The molecule has 0 atom stereocenters. The lowest BCUT2D eigenvalue weighted by molar-refractivity contribution is -0.118. The van der Waals surface area contributed by atoms with Crippen molar-refractivity contribution in [2.24, 2.45) is 5.10 Å². The van der Waals surface area contributed by atoms with E-state index < -0.39 is 5.91 Å². The molecule has 0 aromatic heterocycles. The fourth-order valence-electron chi connectivity index (χ4n) is 3.45. The number of carbonyl (C=O) groups is 2. The van der Waals surface area contributed by atoms with Crippen molar-refractivity contribution in [2.75, 3.05) is 31.7 Å². The van der Waals surface area contributed by atoms with Gasteiger partial charge in [0.05, 0.1) is 23.0 Å². The van der Waals surface area contributed by atoms with Gasteiger partial charge in [-0.3, -0.25) is 9.59 Å². The van der Waals surface area contributed by atoms with Gasteiger partial charge in [0.15, 0.2) is 29.6 Å². The standard InChI is InChI=1S/C30H32IN3O6/c1-5-14-39-25-13-10-22(17-26(25)37-6-2)30(36)34-32-18-21-15-24(31)29(27(16-21)38-7-3)40-19-28(35)33-23-11-8-20(4)9-12-23/h5,8-13,15-18H,1,6-7,14,19H2,2-4H3,(H,33,35)(H,34,36)/b32-18+. The zero-order valence-electron chi connectivity index (χ0n) is 22.7. The summed E-state index contributed by atoms with van der Waals surface area (Å²) in [5.41, 5.74) is 5.36. The van der Waals surface area contributed by atoms with Crippen LogP contribution in [0.1, 0.15) is 35.3 Å². The van der Waals surface area contributed by atoms with Gasteiger partial charge in [-0.15, -0.1) is 0 Å². The third-order valence-electron chi connectivity index (χ3n) is 5.26. The molecule has 0 saturated carbocycles. The molecule has 3 rings (SSSR count). The smallest absolute Gasteiger partial charge is 0.271 e. The number of benzene rings is 3. The van der Waals surface area contributed by atoms with Gasteiger partial charge in [0.2, 0.25) is 0 Å². The third kappa shape index (κ3) is 9.01. The lowest BCUT2D eigenvalue weighted by Crippen LogP contribution is -2.20. The highest BCUT2D eigenvalue weighted by molar-refractivity contribution is 14.1. The molecule has 210 valence electrons. The first-order chi connectivity index (χ1) is 19.3. The fraction of sp³-hybridized carbons (Fsp3) is 0.233. The molecule has 2 amide bonds. The molecule has 0 unspecified atom stereocenters. The first-order valence-corrected chi connectivity index (χ1v) is 13.7. The summed E-state index contributed by atoms with van der Waals surface area (Å²) in [7, 11) is 0. The van der Waals surface area contributed by atoms with E-state index in [-0.39, 0.29) is 12.5 Å². The Bertz CT molecular complexity index is 1360. The number of amides is 2. The van der Waals surface area contributed by atoms with Gasteiger partial charge in [-0.2, -0.15) is 5.10 Å². The summed E-state index contributed by atoms with van der Waals surface area (Å²) in [5, 5.41) is 6.90. The molecule has 10 heteroatoms. The van der Waals surface area contributed by atoms with E-state index in [0.29, 0.717) is 59.6 Å². The topological polar surface area (TPSA) is 107 Å². The Labute approximate surface area is 247 Å². The number of ether oxygens (including phenoxy) is 4. The number of hydrogen-bond donors (Lipinski definition) is 2. The maximum Gasteiger partial charge on any atom is 0.271 e. The van der Waals surface area contributed by atoms with Crippen LogP contribution in [0.2, 0.25) is 0 Å². The van der Waals surface area contributed by atoms with Gasteiger partial charge in [-0.25, -0.2) is 5.43 Å². The Kier molecular flexibility index (Phi) is 11.8. The zero-order valence-corrected chi connectivity index (χ0v) is 24.8. The number of rotatable bonds is 14. The van der Waals surface area contributed by atoms with Crippen LogP contribution in [-0.2, 0) is 4.79 Å². The maximum absolute atomic E-state index is 12.7. The molecule has 3 aromatic rings. The Hall–Kier alpha value is -4.06. The van der Waals surface area contributed by atoms with Crippen LogP contribution in [0.25, 0.3) is 0 Å². The minimum atomic E-state index is -0.410. The SMILES string of the molecule is C=CCOc1ccc(C(=O)N/N=C/c2cc(I)c(OCC(=O)Nc3ccc(C)cc3)c(OCC)c2)cc1OCC. The van der Waals surface area contributed by atoms with Crippen molar-refractivity contribution in [2.45, 2.75) is 20.8 Å². The van der Waals surface area contributed by atoms with E-state index in [9.17, 15) is 9.59 Å². The van der Waals surface area contributed by atoms with E-state index in [4.69, 9.17) is 18.9 Å². The second-order valence-electron chi connectivity index (χ2n) is 8.36. The molecule has 0 radical (unpaired) electrons. The van der Waals surface area contributed by atoms with Crippen molar-refractivity contribution in [1.29, 1.82) is 0 Å². The number of nitrogens with one attached hydrogen (secondary N) is 2. The first-order valence-electron chi connectivity index (χ1n) is 12.6. The second-order valence-corrected chi connectivity index (χ2v) is 9.52. The minimum absolute atomic E-state index is 0.186. The van der Waals surface area contributed by atoms with Crippen LogP contribution in [0.15, 0.2) is 72.4 Å². The molecule has 0 aliphatic rings. The average Bonchev–Trinajstić information content (AvgIpc) is 2.93. The summed E-state index contributed by atoms with van der Waals surface area (Å²) in [6.07, 6.45) is 3.13. The van der Waals surface area contributed by atoms with Gasteiger partial charge in [0, 0.05) is 11.3 Å². The fourth-order valence-corrected chi connectivity index (χ4v) is 4.23. The van der Waals surface area contributed by atoms with E-state index in [2.05, 4.69) is 45.0 Å². The summed E-state index contributed by atoms with van der Waals surface area (Å²) in [5.74, 6) is 1.19. The lowest BCUT2D eigenvalue weighted by Gasteiger charge is -2.14. The molecular weight excluding hydrogens is 625 g/mol. The normalized spacial score (nSPS) is 10.6. The number of nitrogens with zero attached hydrogens (tertiary/aromatic N) is 1. The van der Waals surface area contributed by atoms with Gasteiger partial charge in [-0.05, 0) is 91.4 Å². The molecule has 0 spiro atoms. The van der Waals surface area contributed by atoms with Gasteiger partial charge in [-0.1, -0.05) is 30.4 Å². The molecule has 2 N–H and O–H groups in total. The number of anilines is 1. The second kappa shape index (κ2) is 15.5. The van der Waals surface area contributed by atoms with Crippen LogP contribution in [0.5, 0.6) is 23.0 Å². The molecule has 0 bridgehead atoms. The molecule has 40 heavy (non-hydrogen) atoms. The monoisotopic (exact) mass is 657 g/mol. The summed E-state index contributed by atoms with van der Waals surface area (Å²) in [4.78, 5) is 25.1. The van der Waals surface area contributed by atoms with Gasteiger partial charge >= 0.3 is 0 Å². The lowest BCUT2D eigenvalue weighted by atomic mass is 10.2. The van der Waals surface area contributed by atoms with E-state index in [0.717, 1.165) is 9.13 Å². The van der Waals surface area contributed by atoms with Crippen LogP contribution < -0.4 is 29.7 Å². The van der Waals surface area contributed by atoms with Crippen molar-refractivity contribution in [3.05, 3.63) is 87.5 Å². The quantitative estimate of drug-likeness (QED) is 0.0991. The van der Waals surface area contributed by atoms with E-state index in [1.807, 2.05) is 51.1 Å². The van der Waals surface area contributed by atoms with Crippen molar-refractivity contribution >= 4 is 46.3 Å². The highest BCUT2D eigenvalue weighted by atomic mass is 127. The Morgan fingerprint density at radius 3 is 2.35 bits per heavy atom. The number of aryl methyl sites for hydroxylation is 1. The average molecular weight is 658 g/mol. The van der Waals surface area contributed by atoms with Gasteiger partial charge < -0.3 is 24.3 Å². The van der Waals surface area contributed by atoms with E-state index >= 15 is 0 Å². The summed E-state index contributed by atoms with van der Waals surface area (Å²) in [6, 6.07) is 15.9. The van der Waals surface area contributed by atoms with Gasteiger partial charge in [0.1, 0.15) is 6.61 Å². The minimum Gasteiger partial charge on any atom is -0.490 e. The first kappa shape index (κ1) is 30.5. The number of hydrogen-bond acceptors (Lipinski definition) is 7. The maximum atomic E-state index is 12.7. The van der Waals surface area contributed by atoms with Crippen molar-refractivity contribution < 1.29 is 28.5 Å². The largest absolute Gasteiger partial charge is 0.490 e. The predicted molar refractivity (Wildman–Crippen MR) is 164 cm³/mol. The summed E-state index contributed by atoms with van der Waals surface area (Å²) >= 11 is 2.11. The Morgan fingerprint density at radius 2 is 1.65 bits per heavy atom. The van der Waals surface area contributed by atoms with Crippen molar-refractivity contribution in [1.82, 2.24) is 5.43 Å². The van der Waals surface area contributed by atoms with E-state index in [1.54, 1.807) is 30.3 Å². The van der Waals surface area contributed by atoms with Gasteiger partial charge in [0.25, 0.3) is 11.8 Å². The van der Waals surface area contributed by atoms with Crippen LogP contribution in [0, 0.1) is 10.5 Å². The number of hydrazone groups is 1. The van der Waals surface area contributed by atoms with Crippen molar-refractivity contribution in [3.63, 3.8) is 0 Å². The molecule has 3 aromatic carbocycles. The number of halogens is 1. The molecule has 0 aliphatic heterocycles. The van der Waals surface area contributed by atoms with Crippen LogP contribution in [0.3, 0.4) is 0 Å². The Balaban J connectivity index is 1.66. The highest BCUT2D eigenvalue weighted by Crippen LogP contribution is 2.34. The van der Waals surface area contributed by atoms with E-state index in [1.165, 1.54) is 6.21 Å².